The molecule has 2 atom stereocenters. The molecule has 80 valence electrons. The van der Waals surface area contributed by atoms with Gasteiger partial charge in [0.1, 0.15) is 11.5 Å². The van der Waals surface area contributed by atoms with Crippen molar-refractivity contribution in [2.75, 3.05) is 13.6 Å². The van der Waals surface area contributed by atoms with Crippen LogP contribution in [0.2, 0.25) is 0 Å². The number of aryl methyl sites for hydroxylation is 1. The fourth-order valence-corrected chi connectivity index (χ4v) is 1.76. The Balaban J connectivity index is 2.71. The summed E-state index contributed by atoms with van der Waals surface area (Å²) in [5.41, 5.74) is 5.55. The SMILES string of the molecule is CNC(c1ccc(C)o1)C(C)CCN. The predicted molar refractivity (Wildman–Crippen MR) is 58.1 cm³/mol. The summed E-state index contributed by atoms with van der Waals surface area (Å²) in [6, 6.07) is 4.30. The fraction of sp³-hybridized carbons (Fsp3) is 0.636. The molecule has 3 heteroatoms. The van der Waals surface area contributed by atoms with Crippen LogP contribution in [0.3, 0.4) is 0 Å². The van der Waals surface area contributed by atoms with Crippen molar-refractivity contribution in [2.45, 2.75) is 26.3 Å². The van der Waals surface area contributed by atoms with Gasteiger partial charge in [0.05, 0.1) is 6.04 Å². The van der Waals surface area contributed by atoms with E-state index < -0.39 is 0 Å². The molecule has 0 amide bonds. The number of hydrogen-bond donors (Lipinski definition) is 2. The third-order valence-corrected chi connectivity index (χ3v) is 2.57. The quantitative estimate of drug-likeness (QED) is 0.755. The van der Waals surface area contributed by atoms with E-state index in [1.54, 1.807) is 0 Å². The van der Waals surface area contributed by atoms with Gasteiger partial charge in [-0.3, -0.25) is 0 Å². The first-order valence-electron chi connectivity index (χ1n) is 5.12. The zero-order valence-electron chi connectivity index (χ0n) is 9.21. The second-order valence-electron chi connectivity index (χ2n) is 3.77. The Labute approximate surface area is 85.7 Å². The van der Waals surface area contributed by atoms with Crippen LogP contribution in [0.4, 0.5) is 0 Å². The molecular formula is C11H20N2O. The summed E-state index contributed by atoms with van der Waals surface area (Å²) in [7, 11) is 1.95. The Morgan fingerprint density at radius 3 is 2.64 bits per heavy atom. The number of furan rings is 1. The van der Waals surface area contributed by atoms with Crippen LogP contribution < -0.4 is 11.1 Å². The van der Waals surface area contributed by atoms with Gasteiger partial charge in [0.15, 0.2) is 0 Å². The molecule has 0 radical (unpaired) electrons. The average molecular weight is 196 g/mol. The summed E-state index contributed by atoms with van der Waals surface area (Å²) in [6.45, 7) is 4.87. The van der Waals surface area contributed by atoms with E-state index >= 15 is 0 Å². The van der Waals surface area contributed by atoms with Gasteiger partial charge in [-0.25, -0.2) is 0 Å². The van der Waals surface area contributed by atoms with E-state index in [-0.39, 0.29) is 6.04 Å². The lowest BCUT2D eigenvalue weighted by molar-refractivity contribution is 0.325. The Kier molecular flexibility index (Phi) is 4.17. The van der Waals surface area contributed by atoms with E-state index in [1.807, 2.05) is 26.1 Å². The van der Waals surface area contributed by atoms with Gasteiger partial charge in [-0.05, 0) is 45.0 Å². The van der Waals surface area contributed by atoms with Crippen molar-refractivity contribution >= 4 is 0 Å². The van der Waals surface area contributed by atoms with Crippen molar-refractivity contribution in [3.63, 3.8) is 0 Å². The van der Waals surface area contributed by atoms with Crippen LogP contribution in [-0.2, 0) is 0 Å². The van der Waals surface area contributed by atoms with Crippen molar-refractivity contribution in [1.82, 2.24) is 5.32 Å². The second-order valence-corrected chi connectivity index (χ2v) is 3.77. The molecule has 3 nitrogen and oxygen atoms in total. The molecule has 1 heterocycles. The highest BCUT2D eigenvalue weighted by atomic mass is 16.3. The van der Waals surface area contributed by atoms with Crippen molar-refractivity contribution in [2.24, 2.45) is 11.7 Å². The van der Waals surface area contributed by atoms with E-state index in [0.29, 0.717) is 5.92 Å². The molecule has 3 N–H and O–H groups in total. The Morgan fingerprint density at radius 2 is 2.21 bits per heavy atom. The summed E-state index contributed by atoms with van der Waals surface area (Å²) in [4.78, 5) is 0. The minimum absolute atomic E-state index is 0.271. The molecule has 1 aromatic heterocycles. The molecule has 0 aliphatic carbocycles. The zero-order valence-corrected chi connectivity index (χ0v) is 9.21. The van der Waals surface area contributed by atoms with Gasteiger partial charge >= 0.3 is 0 Å². The first kappa shape index (κ1) is 11.3. The summed E-state index contributed by atoms with van der Waals surface area (Å²) >= 11 is 0. The monoisotopic (exact) mass is 196 g/mol. The molecule has 0 saturated heterocycles. The van der Waals surface area contributed by atoms with Crippen LogP contribution >= 0.6 is 0 Å². The smallest absolute Gasteiger partial charge is 0.121 e. The highest BCUT2D eigenvalue weighted by Crippen LogP contribution is 2.25. The molecule has 0 bridgehead atoms. The van der Waals surface area contributed by atoms with Crippen LogP contribution in [0.5, 0.6) is 0 Å². The largest absolute Gasteiger partial charge is 0.465 e. The normalized spacial score (nSPS) is 15.4. The minimum Gasteiger partial charge on any atom is -0.465 e. The standard InChI is InChI=1S/C11H20N2O/c1-8(6-7-12)11(13-3)10-5-4-9(2)14-10/h4-5,8,11,13H,6-7,12H2,1-3H3. The van der Waals surface area contributed by atoms with Gasteiger partial charge in [0, 0.05) is 0 Å². The molecule has 0 aromatic carbocycles. The topological polar surface area (TPSA) is 51.2 Å². The molecule has 14 heavy (non-hydrogen) atoms. The third-order valence-electron chi connectivity index (χ3n) is 2.57. The molecule has 1 rings (SSSR count). The van der Waals surface area contributed by atoms with Crippen molar-refractivity contribution < 1.29 is 4.42 Å². The Hall–Kier alpha value is -0.800. The number of nitrogens with one attached hydrogen (secondary N) is 1. The lowest BCUT2D eigenvalue weighted by atomic mass is 9.96. The van der Waals surface area contributed by atoms with E-state index in [0.717, 1.165) is 24.5 Å². The molecule has 1 aromatic rings. The first-order chi connectivity index (χ1) is 6.69. The molecule has 2 unspecified atom stereocenters. The second kappa shape index (κ2) is 5.17. The van der Waals surface area contributed by atoms with Gasteiger partial charge in [0.2, 0.25) is 0 Å². The predicted octanol–water partition coefficient (Wildman–Crippen LogP) is 1.83. The van der Waals surface area contributed by atoms with Crippen molar-refractivity contribution in [3.05, 3.63) is 23.7 Å². The molecule has 0 fully saturated rings. The van der Waals surface area contributed by atoms with Crippen molar-refractivity contribution in [1.29, 1.82) is 0 Å². The van der Waals surface area contributed by atoms with Crippen LogP contribution in [0.25, 0.3) is 0 Å². The number of rotatable bonds is 5. The highest BCUT2D eigenvalue weighted by Gasteiger charge is 2.19. The Morgan fingerprint density at radius 1 is 1.50 bits per heavy atom. The van der Waals surface area contributed by atoms with Gasteiger partial charge in [0.25, 0.3) is 0 Å². The van der Waals surface area contributed by atoms with Gasteiger partial charge < -0.3 is 15.5 Å². The molecule has 0 aliphatic heterocycles. The van der Waals surface area contributed by atoms with Crippen LogP contribution in [0, 0.1) is 12.8 Å². The summed E-state index contributed by atoms with van der Waals surface area (Å²) in [5.74, 6) is 2.46. The summed E-state index contributed by atoms with van der Waals surface area (Å²) in [5, 5.41) is 3.27. The summed E-state index contributed by atoms with van der Waals surface area (Å²) in [6.07, 6.45) is 1.01. The maximum Gasteiger partial charge on any atom is 0.121 e. The maximum atomic E-state index is 5.60. The van der Waals surface area contributed by atoms with Gasteiger partial charge in [-0.2, -0.15) is 0 Å². The fourth-order valence-electron chi connectivity index (χ4n) is 1.76. The Bertz CT molecular complexity index is 270. The molecule has 0 spiro atoms. The summed E-state index contributed by atoms with van der Waals surface area (Å²) < 4.78 is 5.60. The minimum atomic E-state index is 0.271. The first-order valence-corrected chi connectivity index (χ1v) is 5.12. The number of hydrogen-bond acceptors (Lipinski definition) is 3. The molecule has 0 aliphatic rings. The maximum absolute atomic E-state index is 5.60. The number of nitrogens with two attached hydrogens (primary N) is 1. The van der Waals surface area contributed by atoms with Crippen LogP contribution in [0.15, 0.2) is 16.5 Å². The lowest BCUT2D eigenvalue weighted by Gasteiger charge is -2.20. The van der Waals surface area contributed by atoms with E-state index in [2.05, 4.69) is 12.2 Å². The zero-order chi connectivity index (χ0) is 10.6. The third kappa shape index (κ3) is 2.59. The highest BCUT2D eigenvalue weighted by molar-refractivity contribution is 5.10. The van der Waals surface area contributed by atoms with E-state index in [4.69, 9.17) is 10.2 Å². The van der Waals surface area contributed by atoms with E-state index in [9.17, 15) is 0 Å². The van der Waals surface area contributed by atoms with E-state index in [1.165, 1.54) is 0 Å². The van der Waals surface area contributed by atoms with Crippen LogP contribution in [-0.4, -0.2) is 13.6 Å². The molecule has 0 saturated carbocycles. The van der Waals surface area contributed by atoms with Crippen molar-refractivity contribution in [3.8, 4) is 0 Å². The average Bonchev–Trinajstić information content (AvgIpc) is 2.54. The van der Waals surface area contributed by atoms with Gasteiger partial charge in [-0.1, -0.05) is 6.92 Å². The lowest BCUT2D eigenvalue weighted by Crippen LogP contribution is -2.24. The van der Waals surface area contributed by atoms with Crippen LogP contribution in [0.1, 0.15) is 30.9 Å². The molecular weight excluding hydrogens is 176 g/mol. The van der Waals surface area contributed by atoms with Gasteiger partial charge in [-0.15, -0.1) is 0 Å².